The van der Waals surface area contributed by atoms with Crippen LogP contribution in [0.1, 0.15) is 5.56 Å². The standard InChI is InChI=1S/C18H11ClN2OS/c19-13-8-2-1-6-12(13)7-5-11-16-17(22)21-15-10-4-3-9-14(15)20-18(21)23-16/h1-11H. The number of benzene rings is 2. The molecule has 0 fully saturated rings. The van der Waals surface area contributed by atoms with Crippen LogP contribution in [0.2, 0.25) is 5.02 Å². The minimum absolute atomic E-state index is 0.0393. The summed E-state index contributed by atoms with van der Waals surface area (Å²) in [5.74, 6) is 0. The van der Waals surface area contributed by atoms with Gasteiger partial charge < -0.3 is 0 Å². The second-order valence-corrected chi connectivity index (χ2v) is 6.45. The lowest BCUT2D eigenvalue weighted by molar-refractivity contribution is 1.19. The normalized spacial score (nSPS) is 12.8. The van der Waals surface area contributed by atoms with Crippen molar-refractivity contribution in [3.05, 3.63) is 80.1 Å². The van der Waals surface area contributed by atoms with Gasteiger partial charge >= 0.3 is 0 Å². The van der Waals surface area contributed by atoms with Gasteiger partial charge in [0.25, 0.3) is 5.56 Å². The van der Waals surface area contributed by atoms with E-state index in [-0.39, 0.29) is 5.56 Å². The first kappa shape index (κ1) is 14.2. The Bertz CT molecular complexity index is 1160. The summed E-state index contributed by atoms with van der Waals surface area (Å²) in [6.45, 7) is 0. The Morgan fingerprint density at radius 2 is 1.87 bits per heavy atom. The molecule has 5 heteroatoms. The molecule has 0 aliphatic carbocycles. The molecule has 2 heterocycles. The second kappa shape index (κ2) is 5.65. The van der Waals surface area contributed by atoms with E-state index in [0.717, 1.165) is 16.6 Å². The number of nitrogens with zero attached hydrogens (tertiary/aromatic N) is 2. The van der Waals surface area contributed by atoms with Crippen LogP contribution in [0.5, 0.6) is 0 Å². The molecule has 0 radical (unpaired) electrons. The zero-order chi connectivity index (χ0) is 15.8. The number of allylic oxidation sites excluding steroid dienone is 1. The van der Waals surface area contributed by atoms with Crippen molar-refractivity contribution in [2.45, 2.75) is 0 Å². The molecule has 0 saturated heterocycles. The van der Waals surface area contributed by atoms with Crippen molar-refractivity contribution in [3.63, 3.8) is 0 Å². The van der Waals surface area contributed by atoms with Gasteiger partial charge in [-0.25, -0.2) is 9.38 Å². The summed E-state index contributed by atoms with van der Waals surface area (Å²) in [5.41, 5.74) is 2.57. The molecular weight excluding hydrogens is 328 g/mol. The Balaban J connectivity index is 1.82. The minimum atomic E-state index is -0.0393. The summed E-state index contributed by atoms with van der Waals surface area (Å²) in [7, 11) is 0. The number of hydrogen-bond donors (Lipinski definition) is 0. The van der Waals surface area contributed by atoms with Crippen molar-refractivity contribution in [3.8, 4) is 0 Å². The Morgan fingerprint density at radius 1 is 1.09 bits per heavy atom. The highest BCUT2D eigenvalue weighted by Gasteiger charge is 2.09. The van der Waals surface area contributed by atoms with Crippen molar-refractivity contribution in [1.29, 1.82) is 0 Å². The summed E-state index contributed by atoms with van der Waals surface area (Å²) in [4.78, 5) is 17.8. The van der Waals surface area contributed by atoms with Gasteiger partial charge in [0.2, 0.25) is 0 Å². The SMILES string of the molecule is O=c1c(=CC=Cc2ccccc2Cl)sc2nc3ccccc3n12. The van der Waals surface area contributed by atoms with Crippen molar-refractivity contribution >= 4 is 51.1 Å². The van der Waals surface area contributed by atoms with Crippen LogP contribution in [0.25, 0.3) is 28.1 Å². The molecule has 4 aromatic rings. The molecule has 0 aliphatic heterocycles. The van der Waals surface area contributed by atoms with Crippen LogP contribution >= 0.6 is 22.9 Å². The lowest BCUT2D eigenvalue weighted by Gasteiger charge is -1.94. The van der Waals surface area contributed by atoms with Crippen molar-refractivity contribution in [2.75, 3.05) is 0 Å². The molecule has 112 valence electrons. The molecule has 23 heavy (non-hydrogen) atoms. The first-order valence-corrected chi connectivity index (χ1v) is 8.26. The Hall–Kier alpha value is -2.43. The fraction of sp³-hybridized carbons (Fsp3) is 0. The average molecular weight is 339 g/mol. The maximum atomic E-state index is 12.6. The molecule has 2 aromatic carbocycles. The average Bonchev–Trinajstić information content (AvgIpc) is 3.06. The monoisotopic (exact) mass is 338 g/mol. The smallest absolute Gasteiger partial charge is 0.267 e. The van der Waals surface area contributed by atoms with Crippen LogP contribution in [0.15, 0.2) is 59.4 Å². The molecule has 4 rings (SSSR count). The zero-order valence-corrected chi connectivity index (χ0v) is 13.5. The number of imidazole rings is 1. The molecule has 0 unspecified atom stereocenters. The molecule has 3 nitrogen and oxygen atoms in total. The van der Waals surface area contributed by atoms with Crippen LogP contribution in [-0.4, -0.2) is 9.38 Å². The van der Waals surface area contributed by atoms with E-state index in [1.165, 1.54) is 11.3 Å². The first-order chi connectivity index (χ1) is 11.2. The third-order valence-electron chi connectivity index (χ3n) is 3.57. The van der Waals surface area contributed by atoms with Gasteiger partial charge in [-0.15, -0.1) is 0 Å². The molecular formula is C18H11ClN2OS. The molecule has 0 amide bonds. The van der Waals surface area contributed by atoms with E-state index in [1.54, 1.807) is 10.5 Å². The largest absolute Gasteiger partial charge is 0.274 e. The molecule has 0 spiro atoms. The van der Waals surface area contributed by atoms with E-state index in [1.807, 2.05) is 60.7 Å². The molecule has 0 N–H and O–H groups in total. The summed E-state index contributed by atoms with van der Waals surface area (Å²) < 4.78 is 2.32. The number of thiazole rings is 1. The van der Waals surface area contributed by atoms with Crippen LogP contribution in [0.3, 0.4) is 0 Å². The maximum absolute atomic E-state index is 12.6. The Kier molecular flexibility index (Phi) is 3.48. The predicted molar refractivity (Wildman–Crippen MR) is 97.0 cm³/mol. The Labute approximate surface area is 140 Å². The molecule has 0 saturated carbocycles. The summed E-state index contributed by atoms with van der Waals surface area (Å²) in [6.07, 6.45) is 5.54. The number of para-hydroxylation sites is 2. The third-order valence-corrected chi connectivity index (χ3v) is 4.91. The van der Waals surface area contributed by atoms with E-state index in [9.17, 15) is 4.79 Å². The lowest BCUT2D eigenvalue weighted by atomic mass is 10.2. The van der Waals surface area contributed by atoms with Gasteiger partial charge in [-0.05, 0) is 29.8 Å². The highest BCUT2D eigenvalue weighted by molar-refractivity contribution is 7.15. The van der Waals surface area contributed by atoms with Gasteiger partial charge in [-0.1, -0.05) is 65.4 Å². The first-order valence-electron chi connectivity index (χ1n) is 7.07. The van der Waals surface area contributed by atoms with Gasteiger partial charge in [0.1, 0.15) is 0 Å². The molecule has 0 aliphatic rings. The van der Waals surface area contributed by atoms with Gasteiger partial charge in [0.05, 0.1) is 15.6 Å². The van der Waals surface area contributed by atoms with E-state index in [0.29, 0.717) is 14.5 Å². The van der Waals surface area contributed by atoms with E-state index < -0.39 is 0 Å². The van der Waals surface area contributed by atoms with E-state index >= 15 is 0 Å². The number of halogens is 1. The summed E-state index contributed by atoms with van der Waals surface area (Å²) >= 11 is 7.50. The lowest BCUT2D eigenvalue weighted by Crippen LogP contribution is -2.22. The number of fused-ring (bicyclic) bond motifs is 3. The van der Waals surface area contributed by atoms with Crippen molar-refractivity contribution in [2.24, 2.45) is 0 Å². The minimum Gasteiger partial charge on any atom is -0.267 e. The van der Waals surface area contributed by atoms with Gasteiger partial charge in [0, 0.05) is 5.02 Å². The van der Waals surface area contributed by atoms with Crippen molar-refractivity contribution < 1.29 is 0 Å². The predicted octanol–water partition coefficient (Wildman–Crippen LogP) is 3.78. The third kappa shape index (κ3) is 2.46. The maximum Gasteiger partial charge on any atom is 0.274 e. The molecule has 2 aromatic heterocycles. The number of hydrogen-bond acceptors (Lipinski definition) is 3. The topological polar surface area (TPSA) is 34.4 Å². The summed E-state index contributed by atoms with van der Waals surface area (Å²) in [6, 6.07) is 15.2. The van der Waals surface area contributed by atoms with Gasteiger partial charge in [-0.2, -0.15) is 0 Å². The van der Waals surface area contributed by atoms with Crippen LogP contribution in [0.4, 0.5) is 0 Å². The van der Waals surface area contributed by atoms with Crippen LogP contribution in [-0.2, 0) is 0 Å². The van der Waals surface area contributed by atoms with Gasteiger partial charge in [0.15, 0.2) is 4.96 Å². The summed E-state index contributed by atoms with van der Waals surface area (Å²) in [5, 5.41) is 0.687. The fourth-order valence-corrected chi connectivity index (χ4v) is 3.61. The van der Waals surface area contributed by atoms with Crippen molar-refractivity contribution in [1.82, 2.24) is 9.38 Å². The Morgan fingerprint density at radius 3 is 2.74 bits per heavy atom. The van der Waals surface area contributed by atoms with Crippen LogP contribution in [0, 0.1) is 0 Å². The zero-order valence-electron chi connectivity index (χ0n) is 11.9. The van der Waals surface area contributed by atoms with E-state index in [2.05, 4.69) is 4.98 Å². The molecule has 0 atom stereocenters. The van der Waals surface area contributed by atoms with E-state index in [4.69, 9.17) is 11.6 Å². The number of rotatable bonds is 2. The van der Waals surface area contributed by atoms with Crippen LogP contribution < -0.4 is 10.1 Å². The quantitative estimate of drug-likeness (QED) is 0.557. The highest BCUT2D eigenvalue weighted by atomic mass is 35.5. The molecule has 0 bridgehead atoms. The second-order valence-electron chi connectivity index (χ2n) is 5.04. The van der Waals surface area contributed by atoms with Gasteiger partial charge in [-0.3, -0.25) is 4.79 Å². The fourth-order valence-electron chi connectivity index (χ4n) is 2.48. The highest BCUT2D eigenvalue weighted by Crippen LogP contribution is 2.17. The number of aromatic nitrogens is 2.